The lowest BCUT2D eigenvalue weighted by Gasteiger charge is -1.90. The van der Waals surface area contributed by atoms with Crippen LogP contribution in [-0.4, -0.2) is 5.78 Å². The number of hydrogen-bond acceptors (Lipinski definition) is 1. The first-order valence-corrected chi connectivity index (χ1v) is 4.74. The second-order valence-electron chi connectivity index (χ2n) is 3.16. The van der Waals surface area contributed by atoms with Gasteiger partial charge in [-0.05, 0) is 38.2 Å². The van der Waals surface area contributed by atoms with E-state index in [1.54, 1.807) is 6.08 Å². The van der Waals surface area contributed by atoms with Crippen LogP contribution in [0, 0.1) is 0 Å². The predicted molar refractivity (Wildman–Crippen MR) is 51.0 cm³/mol. The van der Waals surface area contributed by atoms with Crippen LogP contribution in [0.5, 0.6) is 0 Å². The van der Waals surface area contributed by atoms with E-state index in [1.165, 1.54) is 19.3 Å². The Balaban J connectivity index is 2.39. The highest BCUT2D eigenvalue weighted by atomic mass is 16.1. The number of hydrogen-bond donors (Lipinski definition) is 0. The van der Waals surface area contributed by atoms with E-state index in [9.17, 15) is 4.79 Å². The SMILES string of the molecule is O=C1/C=C\CCCC/C=C/CC1. The molecule has 0 radical (unpaired) electrons. The monoisotopic (exact) mass is 164 g/mol. The van der Waals surface area contributed by atoms with Crippen LogP contribution in [0.2, 0.25) is 0 Å². The molecule has 0 heterocycles. The van der Waals surface area contributed by atoms with Crippen molar-refractivity contribution in [3.05, 3.63) is 24.3 Å². The summed E-state index contributed by atoms with van der Waals surface area (Å²) in [6.07, 6.45) is 14.3. The molecule has 0 aromatic rings. The second-order valence-corrected chi connectivity index (χ2v) is 3.16. The molecule has 0 aliphatic heterocycles. The summed E-state index contributed by atoms with van der Waals surface area (Å²) in [5.74, 6) is 0.265. The Morgan fingerprint density at radius 2 is 1.58 bits per heavy atom. The molecule has 0 N–H and O–H groups in total. The molecular weight excluding hydrogens is 148 g/mol. The van der Waals surface area contributed by atoms with Gasteiger partial charge in [-0.3, -0.25) is 4.79 Å². The van der Waals surface area contributed by atoms with Gasteiger partial charge in [0.25, 0.3) is 0 Å². The Labute approximate surface area is 74.2 Å². The van der Waals surface area contributed by atoms with Gasteiger partial charge < -0.3 is 0 Å². The van der Waals surface area contributed by atoms with Crippen LogP contribution in [-0.2, 0) is 4.79 Å². The fraction of sp³-hybridized carbons (Fsp3) is 0.545. The Bertz CT molecular complexity index is 189. The van der Waals surface area contributed by atoms with Crippen molar-refractivity contribution >= 4 is 5.78 Å². The van der Waals surface area contributed by atoms with E-state index >= 15 is 0 Å². The molecule has 1 rings (SSSR count). The van der Waals surface area contributed by atoms with E-state index in [0.717, 1.165) is 12.8 Å². The van der Waals surface area contributed by atoms with E-state index in [1.807, 2.05) is 6.08 Å². The van der Waals surface area contributed by atoms with Crippen LogP contribution < -0.4 is 0 Å². The van der Waals surface area contributed by atoms with Gasteiger partial charge in [-0.2, -0.15) is 0 Å². The van der Waals surface area contributed by atoms with Crippen molar-refractivity contribution in [3.63, 3.8) is 0 Å². The van der Waals surface area contributed by atoms with E-state index in [4.69, 9.17) is 0 Å². The molecule has 0 saturated heterocycles. The first kappa shape index (κ1) is 9.24. The Kier molecular flexibility index (Phi) is 4.43. The van der Waals surface area contributed by atoms with Crippen LogP contribution in [0.3, 0.4) is 0 Å². The lowest BCUT2D eigenvalue weighted by molar-refractivity contribution is -0.114. The van der Waals surface area contributed by atoms with Crippen LogP contribution in [0.1, 0.15) is 38.5 Å². The highest BCUT2D eigenvalue weighted by Crippen LogP contribution is 2.05. The molecule has 1 aliphatic rings. The lowest BCUT2D eigenvalue weighted by Crippen LogP contribution is -1.89. The van der Waals surface area contributed by atoms with Gasteiger partial charge in [0.2, 0.25) is 0 Å². The number of carbonyl (C=O) groups is 1. The van der Waals surface area contributed by atoms with Gasteiger partial charge in [-0.15, -0.1) is 0 Å². The summed E-state index contributed by atoms with van der Waals surface area (Å²) in [4.78, 5) is 11.1. The third kappa shape index (κ3) is 4.12. The smallest absolute Gasteiger partial charge is 0.155 e. The molecule has 0 fully saturated rings. The Hall–Kier alpha value is -0.850. The molecule has 0 spiro atoms. The largest absolute Gasteiger partial charge is 0.295 e. The minimum Gasteiger partial charge on any atom is -0.295 e. The molecule has 0 saturated carbocycles. The van der Waals surface area contributed by atoms with Crippen LogP contribution >= 0.6 is 0 Å². The fourth-order valence-corrected chi connectivity index (χ4v) is 1.28. The maximum Gasteiger partial charge on any atom is 0.155 e. The van der Waals surface area contributed by atoms with E-state index in [2.05, 4.69) is 12.2 Å². The third-order valence-corrected chi connectivity index (χ3v) is 2.02. The number of carbonyl (C=O) groups excluding carboxylic acids is 1. The zero-order valence-electron chi connectivity index (χ0n) is 7.46. The van der Waals surface area contributed by atoms with Crippen molar-refractivity contribution in [1.29, 1.82) is 0 Å². The molecule has 0 amide bonds. The third-order valence-electron chi connectivity index (χ3n) is 2.02. The average Bonchev–Trinajstić information content (AvgIpc) is 2.11. The van der Waals surface area contributed by atoms with Gasteiger partial charge in [-0.25, -0.2) is 0 Å². The van der Waals surface area contributed by atoms with Gasteiger partial charge in [0.1, 0.15) is 0 Å². The van der Waals surface area contributed by atoms with Gasteiger partial charge in [-0.1, -0.05) is 18.2 Å². The van der Waals surface area contributed by atoms with Crippen molar-refractivity contribution in [2.75, 3.05) is 0 Å². The van der Waals surface area contributed by atoms with E-state index < -0.39 is 0 Å². The molecule has 0 atom stereocenters. The molecule has 12 heavy (non-hydrogen) atoms. The van der Waals surface area contributed by atoms with Crippen molar-refractivity contribution in [2.24, 2.45) is 0 Å². The summed E-state index contributed by atoms with van der Waals surface area (Å²) in [7, 11) is 0. The van der Waals surface area contributed by atoms with Crippen molar-refractivity contribution in [1.82, 2.24) is 0 Å². The number of allylic oxidation sites excluding steroid dienone is 4. The minimum absolute atomic E-state index is 0.265. The molecule has 0 aromatic carbocycles. The summed E-state index contributed by atoms with van der Waals surface area (Å²) in [5, 5.41) is 0. The van der Waals surface area contributed by atoms with Crippen LogP contribution in [0.25, 0.3) is 0 Å². The van der Waals surface area contributed by atoms with Crippen molar-refractivity contribution in [2.45, 2.75) is 38.5 Å². The highest BCUT2D eigenvalue weighted by molar-refractivity contribution is 5.89. The molecular formula is C11H16O. The van der Waals surface area contributed by atoms with Crippen LogP contribution in [0.4, 0.5) is 0 Å². The highest BCUT2D eigenvalue weighted by Gasteiger charge is 1.94. The van der Waals surface area contributed by atoms with Crippen molar-refractivity contribution < 1.29 is 4.79 Å². The van der Waals surface area contributed by atoms with Crippen molar-refractivity contribution in [3.8, 4) is 0 Å². The summed E-state index contributed by atoms with van der Waals surface area (Å²) in [5.41, 5.74) is 0. The zero-order valence-corrected chi connectivity index (χ0v) is 7.46. The standard InChI is InChI=1S/C11H16O/c12-11-9-7-5-3-1-2-4-6-8-10-11/h3,5,8,10H,1-2,4,6-7,9H2/b5-3+,10-8-. The summed E-state index contributed by atoms with van der Waals surface area (Å²) < 4.78 is 0. The van der Waals surface area contributed by atoms with E-state index in [-0.39, 0.29) is 5.78 Å². The molecule has 1 heteroatoms. The maximum atomic E-state index is 11.1. The predicted octanol–water partition coefficient (Wildman–Crippen LogP) is 3.02. The molecule has 1 nitrogen and oxygen atoms in total. The molecule has 0 bridgehead atoms. The molecule has 66 valence electrons. The van der Waals surface area contributed by atoms with Gasteiger partial charge in [0, 0.05) is 6.42 Å². The molecule has 1 aliphatic carbocycles. The summed E-state index contributed by atoms with van der Waals surface area (Å²) in [6.45, 7) is 0. The molecule has 0 aromatic heterocycles. The van der Waals surface area contributed by atoms with Crippen LogP contribution in [0.15, 0.2) is 24.3 Å². The zero-order chi connectivity index (χ0) is 8.65. The summed E-state index contributed by atoms with van der Waals surface area (Å²) >= 11 is 0. The van der Waals surface area contributed by atoms with E-state index in [0.29, 0.717) is 6.42 Å². The Morgan fingerprint density at radius 1 is 0.917 bits per heavy atom. The Morgan fingerprint density at radius 3 is 2.42 bits per heavy atom. The summed E-state index contributed by atoms with van der Waals surface area (Å²) in [6, 6.07) is 0. The fourth-order valence-electron chi connectivity index (χ4n) is 1.28. The number of ketones is 1. The lowest BCUT2D eigenvalue weighted by atomic mass is 10.2. The molecule has 0 unspecified atom stereocenters. The van der Waals surface area contributed by atoms with Gasteiger partial charge >= 0.3 is 0 Å². The number of rotatable bonds is 0. The first-order chi connectivity index (χ1) is 5.89. The maximum absolute atomic E-state index is 11.1. The quantitative estimate of drug-likeness (QED) is 0.503. The normalized spacial score (nSPS) is 25.8. The van der Waals surface area contributed by atoms with Gasteiger partial charge in [0.15, 0.2) is 5.78 Å². The van der Waals surface area contributed by atoms with Gasteiger partial charge in [0.05, 0.1) is 0 Å². The first-order valence-electron chi connectivity index (χ1n) is 4.74. The second kappa shape index (κ2) is 5.76. The minimum atomic E-state index is 0.265. The average molecular weight is 164 g/mol. The topological polar surface area (TPSA) is 17.1 Å².